The van der Waals surface area contributed by atoms with Crippen molar-refractivity contribution in [1.82, 2.24) is 15.1 Å². The molecule has 19 heavy (non-hydrogen) atoms. The van der Waals surface area contributed by atoms with Crippen molar-refractivity contribution in [3.05, 3.63) is 0 Å². The molecule has 0 aromatic heterocycles. The Morgan fingerprint density at radius 2 is 1.95 bits per heavy atom. The molecule has 0 aliphatic carbocycles. The van der Waals surface area contributed by atoms with Gasteiger partial charge in [-0.3, -0.25) is 19.3 Å². The molecule has 1 heterocycles. The molecule has 1 N–H and O–H groups in total. The van der Waals surface area contributed by atoms with E-state index in [0.29, 0.717) is 32.5 Å². The van der Waals surface area contributed by atoms with Crippen LogP contribution in [-0.4, -0.2) is 67.7 Å². The first-order valence-electron chi connectivity index (χ1n) is 6.63. The van der Waals surface area contributed by atoms with Gasteiger partial charge in [0.2, 0.25) is 11.8 Å². The number of nitrogens with one attached hydrogen (secondary N) is 1. The van der Waals surface area contributed by atoms with Crippen LogP contribution >= 0.6 is 0 Å². The summed E-state index contributed by atoms with van der Waals surface area (Å²) in [6.45, 7) is 3.71. The largest absolute Gasteiger partial charge is 0.359 e. The molecule has 1 unspecified atom stereocenters. The predicted molar refractivity (Wildman–Crippen MR) is 71.5 cm³/mol. The lowest BCUT2D eigenvalue weighted by atomic mass is 10.1. The van der Waals surface area contributed by atoms with Gasteiger partial charge in [0.1, 0.15) is 5.78 Å². The summed E-state index contributed by atoms with van der Waals surface area (Å²) < 4.78 is 0. The first-order valence-corrected chi connectivity index (χ1v) is 6.63. The van der Waals surface area contributed by atoms with Gasteiger partial charge >= 0.3 is 0 Å². The third kappa shape index (κ3) is 4.98. The fourth-order valence-corrected chi connectivity index (χ4v) is 2.20. The first kappa shape index (κ1) is 15.6. The van der Waals surface area contributed by atoms with Crippen molar-refractivity contribution in [3.63, 3.8) is 0 Å². The second-order valence-electron chi connectivity index (χ2n) is 5.13. The quantitative estimate of drug-likeness (QED) is 0.730. The lowest BCUT2D eigenvalue weighted by Gasteiger charge is -2.28. The zero-order chi connectivity index (χ0) is 14.4. The Hall–Kier alpha value is -1.43. The molecule has 0 aromatic rings. The van der Waals surface area contributed by atoms with Crippen LogP contribution in [0.25, 0.3) is 0 Å². The van der Waals surface area contributed by atoms with Crippen molar-refractivity contribution in [1.29, 1.82) is 0 Å². The summed E-state index contributed by atoms with van der Waals surface area (Å²) >= 11 is 0. The Balaban J connectivity index is 2.35. The summed E-state index contributed by atoms with van der Waals surface area (Å²) in [4.78, 5) is 38.1. The van der Waals surface area contributed by atoms with E-state index in [1.54, 1.807) is 11.9 Å². The number of rotatable bonds is 5. The standard InChI is InChI=1S/C13H23N3O3/c1-10(13(19)14-2)8-15(3)9-12(18)16-6-4-11(17)5-7-16/h10H,4-9H2,1-3H3,(H,14,19). The van der Waals surface area contributed by atoms with Crippen LogP contribution in [0.5, 0.6) is 0 Å². The van der Waals surface area contributed by atoms with Crippen LogP contribution in [0, 0.1) is 5.92 Å². The van der Waals surface area contributed by atoms with E-state index in [2.05, 4.69) is 5.32 Å². The topological polar surface area (TPSA) is 69.7 Å². The molecule has 0 aromatic carbocycles. The molecule has 108 valence electrons. The van der Waals surface area contributed by atoms with E-state index in [9.17, 15) is 14.4 Å². The summed E-state index contributed by atoms with van der Waals surface area (Å²) in [5, 5.41) is 2.59. The zero-order valence-corrected chi connectivity index (χ0v) is 11.9. The number of likely N-dealkylation sites (N-methyl/N-ethyl adjacent to an activating group) is 1. The highest BCUT2D eigenvalue weighted by molar-refractivity contribution is 5.84. The Labute approximate surface area is 114 Å². The van der Waals surface area contributed by atoms with Gasteiger partial charge in [0, 0.05) is 45.4 Å². The average Bonchev–Trinajstić information content (AvgIpc) is 2.38. The number of ketones is 1. The Morgan fingerprint density at radius 1 is 1.37 bits per heavy atom. The lowest BCUT2D eigenvalue weighted by molar-refractivity contribution is -0.136. The third-order valence-electron chi connectivity index (χ3n) is 3.36. The van der Waals surface area contributed by atoms with Crippen LogP contribution in [-0.2, 0) is 14.4 Å². The van der Waals surface area contributed by atoms with E-state index in [4.69, 9.17) is 0 Å². The normalized spacial score (nSPS) is 17.5. The molecular formula is C13H23N3O3. The van der Waals surface area contributed by atoms with Crippen molar-refractivity contribution in [2.45, 2.75) is 19.8 Å². The van der Waals surface area contributed by atoms with E-state index in [1.807, 2.05) is 18.9 Å². The first-order chi connectivity index (χ1) is 8.93. The Morgan fingerprint density at radius 3 is 2.47 bits per heavy atom. The summed E-state index contributed by atoms with van der Waals surface area (Å²) in [6.07, 6.45) is 0.925. The molecule has 1 rings (SSSR count). The van der Waals surface area contributed by atoms with Crippen LogP contribution in [0.3, 0.4) is 0 Å². The number of carbonyl (C=O) groups is 3. The van der Waals surface area contributed by atoms with Gasteiger partial charge in [0.05, 0.1) is 6.54 Å². The zero-order valence-electron chi connectivity index (χ0n) is 11.9. The van der Waals surface area contributed by atoms with Crippen molar-refractivity contribution in [2.24, 2.45) is 5.92 Å². The molecule has 1 fully saturated rings. The van der Waals surface area contributed by atoms with Crippen molar-refractivity contribution in [2.75, 3.05) is 40.3 Å². The van der Waals surface area contributed by atoms with E-state index < -0.39 is 0 Å². The highest BCUT2D eigenvalue weighted by Gasteiger charge is 2.22. The SMILES string of the molecule is CNC(=O)C(C)CN(C)CC(=O)N1CCC(=O)CC1. The van der Waals surface area contributed by atoms with Crippen molar-refractivity contribution < 1.29 is 14.4 Å². The molecule has 2 amide bonds. The van der Waals surface area contributed by atoms with Gasteiger partial charge in [-0.15, -0.1) is 0 Å². The van der Waals surface area contributed by atoms with Gasteiger partial charge < -0.3 is 10.2 Å². The van der Waals surface area contributed by atoms with Gasteiger partial charge in [-0.2, -0.15) is 0 Å². The van der Waals surface area contributed by atoms with E-state index >= 15 is 0 Å². The second-order valence-corrected chi connectivity index (χ2v) is 5.13. The van der Waals surface area contributed by atoms with Gasteiger partial charge in [0.25, 0.3) is 0 Å². The molecule has 1 aliphatic heterocycles. The van der Waals surface area contributed by atoms with Gasteiger partial charge in [-0.1, -0.05) is 6.92 Å². The number of hydrogen-bond donors (Lipinski definition) is 1. The van der Waals surface area contributed by atoms with Gasteiger partial charge in [-0.25, -0.2) is 0 Å². The summed E-state index contributed by atoms with van der Waals surface area (Å²) in [5.74, 6) is 0.0818. The number of likely N-dealkylation sites (tertiary alicyclic amines) is 1. The number of Topliss-reactive ketones (excluding diaryl/α,β-unsaturated/α-hetero) is 1. The van der Waals surface area contributed by atoms with E-state index in [-0.39, 0.29) is 30.1 Å². The molecule has 0 radical (unpaired) electrons. The maximum atomic E-state index is 12.0. The predicted octanol–water partition coefficient (Wildman–Crippen LogP) is -0.508. The summed E-state index contributed by atoms with van der Waals surface area (Å²) in [5.41, 5.74) is 0. The van der Waals surface area contributed by atoms with E-state index in [0.717, 1.165) is 0 Å². The minimum atomic E-state index is -0.147. The summed E-state index contributed by atoms with van der Waals surface area (Å²) in [7, 11) is 3.43. The molecule has 0 bridgehead atoms. The molecule has 0 spiro atoms. The summed E-state index contributed by atoms with van der Waals surface area (Å²) in [6, 6.07) is 0. The van der Waals surface area contributed by atoms with Crippen LogP contribution in [0.15, 0.2) is 0 Å². The molecule has 6 heteroatoms. The number of amides is 2. The second kappa shape index (κ2) is 7.23. The maximum Gasteiger partial charge on any atom is 0.236 e. The Bertz CT molecular complexity index is 347. The minimum absolute atomic E-state index is 0.0251. The van der Waals surface area contributed by atoms with Gasteiger partial charge in [0.15, 0.2) is 0 Å². The molecule has 0 saturated carbocycles. The fraction of sp³-hybridized carbons (Fsp3) is 0.769. The molecular weight excluding hydrogens is 246 g/mol. The lowest BCUT2D eigenvalue weighted by Crippen LogP contribution is -2.45. The van der Waals surface area contributed by atoms with E-state index in [1.165, 1.54) is 0 Å². The minimum Gasteiger partial charge on any atom is -0.359 e. The monoisotopic (exact) mass is 269 g/mol. The Kier molecular flexibility index (Phi) is 5.95. The fourth-order valence-electron chi connectivity index (χ4n) is 2.20. The van der Waals surface area contributed by atoms with Crippen LogP contribution in [0.2, 0.25) is 0 Å². The number of carbonyl (C=O) groups excluding carboxylic acids is 3. The smallest absolute Gasteiger partial charge is 0.236 e. The number of hydrogen-bond acceptors (Lipinski definition) is 4. The van der Waals surface area contributed by atoms with Crippen molar-refractivity contribution in [3.8, 4) is 0 Å². The molecule has 1 atom stereocenters. The third-order valence-corrected chi connectivity index (χ3v) is 3.36. The highest BCUT2D eigenvalue weighted by atomic mass is 16.2. The highest BCUT2D eigenvalue weighted by Crippen LogP contribution is 2.07. The number of piperidine rings is 1. The van der Waals surface area contributed by atoms with Crippen LogP contribution in [0.1, 0.15) is 19.8 Å². The van der Waals surface area contributed by atoms with Crippen LogP contribution < -0.4 is 5.32 Å². The molecule has 1 saturated heterocycles. The maximum absolute atomic E-state index is 12.0. The van der Waals surface area contributed by atoms with Crippen LogP contribution in [0.4, 0.5) is 0 Å². The number of nitrogens with zero attached hydrogens (tertiary/aromatic N) is 2. The van der Waals surface area contributed by atoms with Gasteiger partial charge in [-0.05, 0) is 7.05 Å². The average molecular weight is 269 g/mol. The van der Waals surface area contributed by atoms with Crippen molar-refractivity contribution >= 4 is 17.6 Å². The molecule has 1 aliphatic rings. The molecule has 6 nitrogen and oxygen atoms in total.